The summed E-state index contributed by atoms with van der Waals surface area (Å²) >= 11 is 1.88. The van der Waals surface area contributed by atoms with Gasteiger partial charge >= 0.3 is 0 Å². The average Bonchev–Trinajstić information content (AvgIpc) is 2.89. The van der Waals surface area contributed by atoms with E-state index in [4.69, 9.17) is 10.5 Å². The molecule has 4 heteroatoms. The first-order chi connectivity index (χ1) is 9.74. The van der Waals surface area contributed by atoms with Crippen molar-refractivity contribution in [1.29, 1.82) is 0 Å². The maximum atomic E-state index is 11.0. The van der Waals surface area contributed by atoms with Gasteiger partial charge in [-0.25, -0.2) is 0 Å². The maximum absolute atomic E-state index is 11.0. The van der Waals surface area contributed by atoms with Gasteiger partial charge in [0.05, 0.1) is 6.61 Å². The van der Waals surface area contributed by atoms with Crippen LogP contribution in [-0.4, -0.2) is 18.3 Å². The molecule has 3 rings (SSSR count). The lowest BCUT2D eigenvalue weighted by Gasteiger charge is -2.12. The molecule has 2 aromatic rings. The highest BCUT2D eigenvalue weighted by Crippen LogP contribution is 2.39. The van der Waals surface area contributed by atoms with Gasteiger partial charge in [-0.15, -0.1) is 11.8 Å². The number of thioether (sulfide) groups is 1. The molecule has 2 N–H and O–H groups in total. The molecule has 1 unspecified atom stereocenters. The second kappa shape index (κ2) is 5.59. The highest BCUT2D eigenvalue weighted by atomic mass is 32.2. The zero-order valence-corrected chi connectivity index (χ0v) is 11.7. The number of ether oxygens (including phenoxy) is 1. The predicted molar refractivity (Wildman–Crippen MR) is 80.4 cm³/mol. The van der Waals surface area contributed by atoms with E-state index in [-0.39, 0.29) is 0 Å². The Labute approximate surface area is 122 Å². The van der Waals surface area contributed by atoms with Crippen LogP contribution < -0.4 is 10.5 Å². The summed E-state index contributed by atoms with van der Waals surface area (Å²) in [4.78, 5) is 12.3. The molecule has 0 fully saturated rings. The van der Waals surface area contributed by atoms with E-state index in [0.717, 1.165) is 11.5 Å². The van der Waals surface area contributed by atoms with Crippen LogP contribution in [0.15, 0.2) is 53.4 Å². The van der Waals surface area contributed by atoms with E-state index >= 15 is 0 Å². The SMILES string of the molecule is NC(=O)c1ccc(OCC2CSc3ccccc32)cc1. The van der Waals surface area contributed by atoms with Crippen molar-refractivity contribution < 1.29 is 9.53 Å². The third-order valence-electron chi connectivity index (χ3n) is 3.39. The standard InChI is InChI=1S/C16H15NO2S/c17-16(18)11-5-7-13(8-6-11)19-9-12-10-20-15-4-2-1-3-14(12)15/h1-8,12H,9-10H2,(H2,17,18). The Morgan fingerprint density at radius 1 is 1.20 bits per heavy atom. The van der Waals surface area contributed by atoms with Gasteiger partial charge in [-0.2, -0.15) is 0 Å². The lowest BCUT2D eigenvalue weighted by atomic mass is 10.0. The molecule has 0 radical (unpaired) electrons. The molecule has 0 bridgehead atoms. The number of carbonyl (C=O) groups excluding carboxylic acids is 1. The minimum Gasteiger partial charge on any atom is -0.493 e. The van der Waals surface area contributed by atoms with E-state index in [0.29, 0.717) is 18.1 Å². The zero-order chi connectivity index (χ0) is 13.9. The van der Waals surface area contributed by atoms with Gasteiger partial charge < -0.3 is 10.5 Å². The number of hydrogen-bond acceptors (Lipinski definition) is 3. The normalized spacial score (nSPS) is 16.7. The highest BCUT2D eigenvalue weighted by Gasteiger charge is 2.23. The number of amides is 1. The fourth-order valence-corrected chi connectivity index (χ4v) is 3.51. The molecule has 1 amide bonds. The number of carbonyl (C=O) groups is 1. The van der Waals surface area contributed by atoms with Gasteiger partial charge in [-0.1, -0.05) is 18.2 Å². The first kappa shape index (κ1) is 13.1. The smallest absolute Gasteiger partial charge is 0.248 e. The van der Waals surface area contributed by atoms with Crippen molar-refractivity contribution in [2.45, 2.75) is 10.8 Å². The number of primary amides is 1. The molecule has 1 aliphatic heterocycles. The van der Waals surface area contributed by atoms with Crippen molar-refractivity contribution in [3.63, 3.8) is 0 Å². The first-order valence-electron chi connectivity index (χ1n) is 6.48. The molecule has 1 heterocycles. The Hall–Kier alpha value is -1.94. The number of hydrogen-bond donors (Lipinski definition) is 1. The molecule has 1 atom stereocenters. The summed E-state index contributed by atoms with van der Waals surface area (Å²) in [6, 6.07) is 15.4. The minimum atomic E-state index is -0.419. The number of rotatable bonds is 4. The van der Waals surface area contributed by atoms with Crippen LogP contribution in [0.2, 0.25) is 0 Å². The van der Waals surface area contributed by atoms with Crippen LogP contribution in [0.25, 0.3) is 0 Å². The minimum absolute atomic E-state index is 0.419. The van der Waals surface area contributed by atoms with Crippen molar-refractivity contribution in [2.24, 2.45) is 5.73 Å². The summed E-state index contributed by atoms with van der Waals surface area (Å²) in [5.74, 6) is 1.83. The molecule has 0 aromatic heterocycles. The lowest BCUT2D eigenvalue weighted by Crippen LogP contribution is -2.11. The fourth-order valence-electron chi connectivity index (χ4n) is 2.28. The first-order valence-corrected chi connectivity index (χ1v) is 7.47. The molecule has 1 aliphatic rings. The van der Waals surface area contributed by atoms with Gasteiger partial charge in [0.2, 0.25) is 5.91 Å². The van der Waals surface area contributed by atoms with E-state index in [1.54, 1.807) is 24.3 Å². The Kier molecular flexibility index (Phi) is 3.65. The fraction of sp³-hybridized carbons (Fsp3) is 0.188. The van der Waals surface area contributed by atoms with Crippen LogP contribution in [0.5, 0.6) is 5.75 Å². The van der Waals surface area contributed by atoms with E-state index in [9.17, 15) is 4.79 Å². The van der Waals surface area contributed by atoms with Crippen molar-refractivity contribution in [3.8, 4) is 5.75 Å². The summed E-state index contributed by atoms with van der Waals surface area (Å²) in [6.07, 6.45) is 0. The molecule has 3 nitrogen and oxygen atoms in total. The second-order valence-electron chi connectivity index (χ2n) is 4.75. The highest BCUT2D eigenvalue weighted by molar-refractivity contribution is 7.99. The van der Waals surface area contributed by atoms with Gasteiger partial charge in [0.25, 0.3) is 0 Å². The van der Waals surface area contributed by atoms with Crippen LogP contribution in [0.1, 0.15) is 21.8 Å². The van der Waals surface area contributed by atoms with Crippen LogP contribution >= 0.6 is 11.8 Å². The molecule has 2 aromatic carbocycles. The van der Waals surface area contributed by atoms with Gasteiger partial charge in [0, 0.05) is 22.1 Å². The van der Waals surface area contributed by atoms with Crippen molar-refractivity contribution in [1.82, 2.24) is 0 Å². The Morgan fingerprint density at radius 3 is 2.70 bits per heavy atom. The summed E-state index contributed by atoms with van der Waals surface area (Å²) in [7, 11) is 0. The second-order valence-corrected chi connectivity index (χ2v) is 5.81. The van der Waals surface area contributed by atoms with Crippen LogP contribution in [0.4, 0.5) is 0 Å². The summed E-state index contributed by atoms with van der Waals surface area (Å²) in [5, 5.41) is 0. The van der Waals surface area contributed by atoms with Crippen molar-refractivity contribution >= 4 is 17.7 Å². The lowest BCUT2D eigenvalue weighted by molar-refractivity contribution is 0.100. The van der Waals surface area contributed by atoms with E-state index < -0.39 is 5.91 Å². The molecule has 0 saturated heterocycles. The average molecular weight is 285 g/mol. The van der Waals surface area contributed by atoms with Crippen LogP contribution in [0.3, 0.4) is 0 Å². The van der Waals surface area contributed by atoms with E-state index in [1.807, 2.05) is 11.8 Å². The molecular formula is C16H15NO2S. The molecule has 102 valence electrons. The third-order valence-corrected chi connectivity index (χ3v) is 4.64. The summed E-state index contributed by atoms with van der Waals surface area (Å²) in [6.45, 7) is 0.653. The maximum Gasteiger partial charge on any atom is 0.248 e. The Balaban J connectivity index is 1.64. The largest absolute Gasteiger partial charge is 0.493 e. The zero-order valence-electron chi connectivity index (χ0n) is 10.9. The van der Waals surface area contributed by atoms with E-state index in [1.165, 1.54) is 10.5 Å². The monoisotopic (exact) mass is 285 g/mol. The number of fused-ring (bicyclic) bond motifs is 1. The summed E-state index contributed by atoms with van der Waals surface area (Å²) < 4.78 is 5.82. The molecule has 0 aliphatic carbocycles. The van der Waals surface area contributed by atoms with Gasteiger partial charge in [-0.3, -0.25) is 4.79 Å². The third kappa shape index (κ3) is 2.65. The topological polar surface area (TPSA) is 52.3 Å². The van der Waals surface area contributed by atoms with Crippen LogP contribution in [0, 0.1) is 0 Å². The van der Waals surface area contributed by atoms with Gasteiger partial charge in [0.1, 0.15) is 5.75 Å². The molecule has 0 saturated carbocycles. The number of benzene rings is 2. The predicted octanol–water partition coefficient (Wildman–Crippen LogP) is 3.05. The molecule has 0 spiro atoms. The summed E-state index contributed by atoms with van der Waals surface area (Å²) in [5.41, 5.74) is 7.07. The molecular weight excluding hydrogens is 270 g/mol. The van der Waals surface area contributed by atoms with Crippen molar-refractivity contribution in [2.75, 3.05) is 12.4 Å². The van der Waals surface area contributed by atoms with E-state index in [2.05, 4.69) is 24.3 Å². The Bertz CT molecular complexity index is 625. The van der Waals surface area contributed by atoms with Gasteiger partial charge in [0.15, 0.2) is 0 Å². The van der Waals surface area contributed by atoms with Gasteiger partial charge in [-0.05, 0) is 35.9 Å². The van der Waals surface area contributed by atoms with Crippen LogP contribution in [-0.2, 0) is 0 Å². The quantitative estimate of drug-likeness (QED) is 0.939. The Morgan fingerprint density at radius 2 is 1.95 bits per heavy atom. The number of nitrogens with two attached hydrogens (primary N) is 1. The molecule has 20 heavy (non-hydrogen) atoms. The van der Waals surface area contributed by atoms with Crippen molar-refractivity contribution in [3.05, 3.63) is 59.7 Å².